The summed E-state index contributed by atoms with van der Waals surface area (Å²) >= 11 is 0. The van der Waals surface area contributed by atoms with Crippen molar-refractivity contribution in [2.75, 3.05) is 38.1 Å². The number of para-hydroxylation sites is 1. The van der Waals surface area contributed by atoms with Crippen molar-refractivity contribution in [1.29, 1.82) is 0 Å². The van der Waals surface area contributed by atoms with Gasteiger partial charge in [-0.1, -0.05) is 18.2 Å². The Hall–Kier alpha value is -2.53. The maximum atomic E-state index is 4.56. The zero-order chi connectivity index (χ0) is 16.5. The number of benzene rings is 1. The van der Waals surface area contributed by atoms with Gasteiger partial charge in [-0.2, -0.15) is 0 Å². The van der Waals surface area contributed by atoms with Crippen molar-refractivity contribution >= 4 is 16.7 Å². The Bertz CT molecular complexity index is 863. The van der Waals surface area contributed by atoms with Crippen LogP contribution in [0.1, 0.15) is 5.56 Å². The molecule has 1 aromatic carbocycles. The van der Waals surface area contributed by atoms with E-state index in [1.54, 1.807) is 0 Å². The summed E-state index contributed by atoms with van der Waals surface area (Å²) in [4.78, 5) is 9.09. The van der Waals surface area contributed by atoms with Gasteiger partial charge in [0.15, 0.2) is 5.82 Å². The lowest BCUT2D eigenvalue weighted by molar-refractivity contribution is 0.312. The number of pyridine rings is 1. The number of nitrogens with zero attached hydrogens (tertiary/aromatic N) is 5. The molecule has 0 N–H and O–H groups in total. The van der Waals surface area contributed by atoms with Crippen LogP contribution in [0.2, 0.25) is 0 Å². The number of anilines is 1. The maximum Gasteiger partial charge on any atom is 0.151 e. The van der Waals surface area contributed by atoms with E-state index >= 15 is 0 Å². The van der Waals surface area contributed by atoms with Gasteiger partial charge in [0.25, 0.3) is 0 Å². The third-order valence-electron chi connectivity index (χ3n) is 4.70. The van der Waals surface area contributed by atoms with Gasteiger partial charge in [0.1, 0.15) is 0 Å². The molecule has 1 saturated heterocycles. The van der Waals surface area contributed by atoms with Crippen LogP contribution in [0.4, 0.5) is 5.82 Å². The van der Waals surface area contributed by atoms with Crippen molar-refractivity contribution in [1.82, 2.24) is 20.1 Å². The van der Waals surface area contributed by atoms with Gasteiger partial charge in [0, 0.05) is 43.3 Å². The number of fused-ring (bicyclic) bond motifs is 1. The summed E-state index contributed by atoms with van der Waals surface area (Å²) in [5.74, 6) is 0.975. The predicted octanol–water partition coefficient (Wildman–Crippen LogP) is 2.75. The molecule has 0 spiro atoms. The minimum Gasteiger partial charge on any atom is -0.353 e. The van der Waals surface area contributed by atoms with E-state index in [1.165, 1.54) is 0 Å². The zero-order valence-corrected chi connectivity index (χ0v) is 14.1. The number of hydrogen-bond donors (Lipinski definition) is 0. The number of piperazine rings is 1. The van der Waals surface area contributed by atoms with Crippen molar-refractivity contribution in [3.63, 3.8) is 0 Å². The van der Waals surface area contributed by atoms with E-state index in [2.05, 4.69) is 51.1 Å². The Labute approximate surface area is 142 Å². The van der Waals surface area contributed by atoms with Crippen LogP contribution in [0, 0.1) is 6.92 Å². The highest BCUT2D eigenvalue weighted by atomic mass is 15.3. The summed E-state index contributed by atoms with van der Waals surface area (Å²) in [6.07, 6.45) is 1.84. The van der Waals surface area contributed by atoms with Gasteiger partial charge in [-0.05, 0) is 37.7 Å². The first-order valence-electron chi connectivity index (χ1n) is 8.34. The maximum absolute atomic E-state index is 4.56. The summed E-state index contributed by atoms with van der Waals surface area (Å²) < 4.78 is 0. The van der Waals surface area contributed by atoms with Crippen molar-refractivity contribution in [3.8, 4) is 11.3 Å². The Balaban J connectivity index is 1.72. The van der Waals surface area contributed by atoms with E-state index in [-0.39, 0.29) is 0 Å². The van der Waals surface area contributed by atoms with Crippen LogP contribution in [-0.4, -0.2) is 53.3 Å². The highest BCUT2D eigenvalue weighted by Gasteiger charge is 2.17. The first-order chi connectivity index (χ1) is 11.7. The largest absolute Gasteiger partial charge is 0.353 e. The molecule has 0 aliphatic carbocycles. The van der Waals surface area contributed by atoms with Crippen LogP contribution in [-0.2, 0) is 0 Å². The zero-order valence-electron chi connectivity index (χ0n) is 14.1. The average molecular weight is 319 g/mol. The molecule has 0 amide bonds. The summed E-state index contributed by atoms with van der Waals surface area (Å²) in [7, 11) is 2.16. The highest BCUT2D eigenvalue weighted by Crippen LogP contribution is 2.29. The SMILES string of the molecule is Cc1cc(N2CCN(C)CC2)nnc1-c1ccnc2ccccc12. The van der Waals surface area contributed by atoms with Crippen LogP contribution in [0.3, 0.4) is 0 Å². The molecule has 0 radical (unpaired) electrons. The van der Waals surface area contributed by atoms with E-state index in [0.29, 0.717) is 0 Å². The molecule has 24 heavy (non-hydrogen) atoms. The van der Waals surface area contributed by atoms with Crippen LogP contribution < -0.4 is 4.90 Å². The summed E-state index contributed by atoms with van der Waals surface area (Å²) in [6, 6.07) is 12.3. The van der Waals surface area contributed by atoms with Gasteiger partial charge in [-0.25, -0.2) is 0 Å². The predicted molar refractivity (Wildman–Crippen MR) is 97.2 cm³/mol. The minimum absolute atomic E-state index is 0.937. The molecule has 4 rings (SSSR count). The van der Waals surface area contributed by atoms with Gasteiger partial charge in [-0.3, -0.25) is 4.98 Å². The topological polar surface area (TPSA) is 45.2 Å². The third-order valence-corrected chi connectivity index (χ3v) is 4.70. The number of aromatic nitrogens is 3. The van der Waals surface area contributed by atoms with Gasteiger partial charge >= 0.3 is 0 Å². The summed E-state index contributed by atoms with van der Waals surface area (Å²) in [6.45, 7) is 6.25. The van der Waals surface area contributed by atoms with Crippen LogP contribution in [0.15, 0.2) is 42.6 Å². The second-order valence-corrected chi connectivity index (χ2v) is 6.40. The number of likely N-dealkylation sites (N-methyl/N-ethyl adjacent to an activating group) is 1. The molecule has 122 valence electrons. The van der Waals surface area contributed by atoms with E-state index in [1.807, 2.05) is 30.5 Å². The molecule has 1 fully saturated rings. The fourth-order valence-electron chi connectivity index (χ4n) is 3.23. The third kappa shape index (κ3) is 2.71. The molecule has 0 saturated carbocycles. The van der Waals surface area contributed by atoms with E-state index in [9.17, 15) is 0 Å². The van der Waals surface area contributed by atoms with Crippen molar-refractivity contribution in [2.24, 2.45) is 0 Å². The van der Waals surface area contributed by atoms with E-state index in [0.717, 1.165) is 59.7 Å². The quantitative estimate of drug-likeness (QED) is 0.727. The summed E-state index contributed by atoms with van der Waals surface area (Å²) in [5, 5.41) is 10.2. The van der Waals surface area contributed by atoms with E-state index in [4.69, 9.17) is 0 Å². The molecule has 1 aliphatic rings. The number of aryl methyl sites for hydroxylation is 1. The Morgan fingerprint density at radius 2 is 1.75 bits per heavy atom. The van der Waals surface area contributed by atoms with Crippen molar-refractivity contribution < 1.29 is 0 Å². The molecular weight excluding hydrogens is 298 g/mol. The van der Waals surface area contributed by atoms with Gasteiger partial charge in [-0.15, -0.1) is 10.2 Å². The molecule has 5 heteroatoms. The molecular formula is C19H21N5. The Kier molecular flexibility index (Phi) is 3.86. The van der Waals surface area contributed by atoms with Gasteiger partial charge < -0.3 is 9.80 Å². The Morgan fingerprint density at radius 1 is 0.958 bits per heavy atom. The summed E-state index contributed by atoms with van der Waals surface area (Å²) in [5.41, 5.74) is 4.16. The highest BCUT2D eigenvalue weighted by molar-refractivity contribution is 5.93. The average Bonchev–Trinajstić information content (AvgIpc) is 2.62. The second-order valence-electron chi connectivity index (χ2n) is 6.40. The first-order valence-corrected chi connectivity index (χ1v) is 8.34. The molecule has 3 aromatic rings. The standard InChI is InChI=1S/C19H21N5/c1-14-13-18(24-11-9-23(2)10-12-24)21-22-19(14)16-7-8-20-17-6-4-3-5-15(16)17/h3-8,13H,9-12H2,1-2H3. The lowest BCUT2D eigenvalue weighted by Crippen LogP contribution is -2.44. The van der Waals surface area contributed by atoms with Crippen molar-refractivity contribution in [3.05, 3.63) is 48.2 Å². The lowest BCUT2D eigenvalue weighted by Gasteiger charge is -2.33. The molecule has 0 unspecified atom stereocenters. The fraction of sp³-hybridized carbons (Fsp3) is 0.316. The molecule has 5 nitrogen and oxygen atoms in total. The van der Waals surface area contributed by atoms with Crippen LogP contribution in [0.5, 0.6) is 0 Å². The second kappa shape index (κ2) is 6.17. The van der Waals surface area contributed by atoms with Crippen LogP contribution in [0.25, 0.3) is 22.2 Å². The monoisotopic (exact) mass is 319 g/mol. The van der Waals surface area contributed by atoms with Crippen molar-refractivity contribution in [2.45, 2.75) is 6.92 Å². The molecule has 2 aromatic heterocycles. The molecule has 0 atom stereocenters. The van der Waals surface area contributed by atoms with Crippen LogP contribution >= 0.6 is 0 Å². The number of rotatable bonds is 2. The van der Waals surface area contributed by atoms with E-state index < -0.39 is 0 Å². The Morgan fingerprint density at radius 3 is 2.54 bits per heavy atom. The number of hydrogen-bond acceptors (Lipinski definition) is 5. The fourth-order valence-corrected chi connectivity index (χ4v) is 3.23. The molecule has 1 aliphatic heterocycles. The smallest absolute Gasteiger partial charge is 0.151 e. The van der Waals surface area contributed by atoms with Gasteiger partial charge in [0.2, 0.25) is 0 Å². The molecule has 3 heterocycles. The minimum atomic E-state index is 0.937. The van der Waals surface area contributed by atoms with Gasteiger partial charge in [0.05, 0.1) is 11.2 Å². The first kappa shape index (κ1) is 15.0. The molecule has 0 bridgehead atoms. The normalized spacial score (nSPS) is 15.8. The lowest BCUT2D eigenvalue weighted by atomic mass is 10.0.